The maximum atomic E-state index is 12.9. The van der Waals surface area contributed by atoms with Gasteiger partial charge in [0.15, 0.2) is 10.8 Å². The molecule has 3 aliphatic rings. The molecule has 2 fully saturated rings. The van der Waals surface area contributed by atoms with Gasteiger partial charge in [-0.3, -0.25) is 14.5 Å². The molecule has 1 aromatic heterocycles. The Morgan fingerprint density at radius 1 is 1.38 bits per heavy atom. The van der Waals surface area contributed by atoms with Gasteiger partial charge in [0, 0.05) is 29.5 Å². The second kappa shape index (κ2) is 11.1. The minimum absolute atomic E-state index is 0. The molecule has 11 nitrogen and oxygen atoms in total. The summed E-state index contributed by atoms with van der Waals surface area (Å²) >= 11 is 2.57. The number of nitrogens with one attached hydrogen (secondary N) is 1. The van der Waals surface area contributed by atoms with E-state index in [0.717, 1.165) is 41.8 Å². The summed E-state index contributed by atoms with van der Waals surface area (Å²) in [5.74, 6) is -2.06. The number of carbonyl (C=O) groups is 3. The molecule has 0 aromatic carbocycles. The molecule has 1 aromatic rings. The molecule has 0 aliphatic carbocycles. The Kier molecular flexibility index (Phi) is 9.22. The molecule has 0 saturated carbocycles. The molecule has 2 atom stereocenters. The van der Waals surface area contributed by atoms with E-state index in [1.54, 1.807) is 5.38 Å². The largest absolute Gasteiger partial charge is 0.543 e. The van der Waals surface area contributed by atoms with E-state index in [1.165, 1.54) is 23.8 Å². The van der Waals surface area contributed by atoms with Crippen LogP contribution < -0.4 is 16.2 Å². The van der Waals surface area contributed by atoms with Gasteiger partial charge in [-0.05, 0) is 0 Å². The molecular weight excluding hydrogens is 527 g/mol. The number of quaternary nitrogens is 1. The number of aliphatic carboxylic acids is 1. The first kappa shape index (κ1) is 28.2. The summed E-state index contributed by atoms with van der Waals surface area (Å²) in [4.78, 5) is 47.7. The van der Waals surface area contributed by atoms with Gasteiger partial charge in [0.05, 0.1) is 31.8 Å². The molecule has 0 unspecified atom stereocenters. The zero-order valence-corrected chi connectivity index (χ0v) is 21.8. The van der Waals surface area contributed by atoms with Crippen LogP contribution in [0.25, 0.3) is 0 Å². The number of halogens is 2. The van der Waals surface area contributed by atoms with Crippen molar-refractivity contribution in [3.63, 3.8) is 0 Å². The van der Waals surface area contributed by atoms with Gasteiger partial charge in [-0.15, -0.1) is 47.9 Å². The Morgan fingerprint density at radius 2 is 2.06 bits per heavy atom. The highest BCUT2D eigenvalue weighted by molar-refractivity contribution is 8.00. The smallest absolute Gasteiger partial charge is 0.276 e. The van der Waals surface area contributed by atoms with E-state index in [9.17, 15) is 19.5 Å². The van der Waals surface area contributed by atoms with Crippen LogP contribution in [0.4, 0.5) is 5.13 Å². The molecule has 4 rings (SSSR count). The average molecular weight is 553 g/mol. The summed E-state index contributed by atoms with van der Waals surface area (Å²) < 4.78 is 0.757. The molecule has 15 heteroatoms. The fourth-order valence-corrected chi connectivity index (χ4v) is 6.30. The fraction of sp³-hybridized carbons (Fsp3) is 0.526. The number of nitrogens with two attached hydrogens (primary N) is 1. The highest BCUT2D eigenvalue weighted by Gasteiger charge is 2.53. The summed E-state index contributed by atoms with van der Waals surface area (Å²) in [6.07, 6.45) is 2.21. The zero-order valence-electron chi connectivity index (χ0n) is 18.5. The van der Waals surface area contributed by atoms with Crippen molar-refractivity contribution in [3.05, 3.63) is 22.3 Å². The monoisotopic (exact) mass is 552 g/mol. The number of thiazole rings is 1. The molecule has 2 saturated heterocycles. The van der Waals surface area contributed by atoms with Crippen LogP contribution in [0.5, 0.6) is 0 Å². The van der Waals surface area contributed by atoms with E-state index < -0.39 is 29.2 Å². The number of likely N-dealkylation sites (N-methyl/N-ethyl adjacent to an activating group) is 1. The minimum atomic E-state index is -1.37. The number of nitrogens with zero attached hydrogens (tertiary/aromatic N) is 4. The summed E-state index contributed by atoms with van der Waals surface area (Å²) in [6.45, 7) is 2.53. The number of anilines is 1. The van der Waals surface area contributed by atoms with Crippen molar-refractivity contribution in [1.29, 1.82) is 0 Å². The highest BCUT2D eigenvalue weighted by atomic mass is 35.5. The quantitative estimate of drug-likeness (QED) is 0.200. The van der Waals surface area contributed by atoms with Crippen LogP contribution in [0.3, 0.4) is 0 Å². The topological polar surface area (TPSA) is 150 Å². The predicted molar refractivity (Wildman–Crippen MR) is 132 cm³/mol. The zero-order chi connectivity index (χ0) is 23.0. The molecule has 188 valence electrons. The third kappa shape index (κ3) is 5.28. The van der Waals surface area contributed by atoms with E-state index in [-0.39, 0.29) is 47.0 Å². The predicted octanol–water partition coefficient (Wildman–Crippen LogP) is -0.436. The molecule has 4 heterocycles. The van der Waals surface area contributed by atoms with E-state index in [1.807, 2.05) is 0 Å². The van der Waals surface area contributed by atoms with Gasteiger partial charge in [-0.2, -0.15) is 0 Å². The summed E-state index contributed by atoms with van der Waals surface area (Å²) in [6, 6.07) is -0.891. The summed E-state index contributed by atoms with van der Waals surface area (Å²) in [5.41, 5.74) is 6.39. The molecule has 3 aliphatic heterocycles. The standard InChI is InChI=1S/C19H24N6O5S2.2ClH/c1-25(5-3-4-6-25)7-10-8-31-17-13(16(27)24(17)14(10)18(28)29)22-15(26)12(23-30-2)11-9-32-19(20)21-11;;/h9,13,17H,3-8H2,1-2H3,(H3-,20,21,22,26,28,29);2*1H/b23-12-;;/t13-,17-;;/m0../s1. The lowest BCUT2D eigenvalue weighted by Crippen LogP contribution is -2.71. The third-order valence-electron chi connectivity index (χ3n) is 5.91. The van der Waals surface area contributed by atoms with Crippen LogP contribution in [-0.2, 0) is 19.2 Å². The average Bonchev–Trinajstić information content (AvgIpc) is 3.37. The first-order chi connectivity index (χ1) is 15.2. The number of carbonyl (C=O) groups excluding carboxylic acids is 3. The Labute approximate surface area is 217 Å². The number of fused-ring (bicyclic) bond motifs is 1. The number of hydrogen-bond donors (Lipinski definition) is 2. The number of rotatable bonds is 7. The fourth-order valence-electron chi connectivity index (χ4n) is 4.41. The van der Waals surface area contributed by atoms with Gasteiger partial charge >= 0.3 is 0 Å². The van der Waals surface area contributed by atoms with Crippen molar-refractivity contribution >= 4 is 76.5 Å². The van der Waals surface area contributed by atoms with Gasteiger partial charge in [-0.25, -0.2) is 4.98 Å². The summed E-state index contributed by atoms with van der Waals surface area (Å²) in [7, 11) is 3.39. The number of aromatic nitrogens is 1. The van der Waals surface area contributed by atoms with E-state index >= 15 is 0 Å². The number of nitrogen functional groups attached to an aromatic ring is 1. The third-order valence-corrected chi connectivity index (χ3v) is 7.92. The first-order valence-corrected chi connectivity index (χ1v) is 12.0. The highest BCUT2D eigenvalue weighted by Crippen LogP contribution is 2.41. The number of oxime groups is 1. The van der Waals surface area contributed by atoms with Crippen LogP contribution in [0.15, 0.2) is 21.8 Å². The second-order valence-corrected chi connectivity index (χ2v) is 10.2. The normalized spacial score (nSPS) is 23.3. The molecule has 0 radical (unpaired) electrons. The molecule has 34 heavy (non-hydrogen) atoms. The van der Waals surface area contributed by atoms with Crippen molar-refractivity contribution in [2.75, 3.05) is 45.3 Å². The maximum absolute atomic E-state index is 12.9. The SMILES string of the molecule is CO/N=C(\C(=O)N[C@H]1C(=O)N2C(C(=O)[O-])=C(C[N+]3(C)CCCC3)CS[C@@H]12)c1csc(N)n1.Cl.Cl. The Bertz CT molecular complexity index is 1030. The van der Waals surface area contributed by atoms with Crippen LogP contribution in [0.2, 0.25) is 0 Å². The van der Waals surface area contributed by atoms with Crippen molar-refractivity contribution in [1.82, 2.24) is 15.2 Å². The lowest BCUT2D eigenvalue weighted by molar-refractivity contribution is -0.893. The first-order valence-electron chi connectivity index (χ1n) is 10.1. The van der Waals surface area contributed by atoms with E-state index in [4.69, 9.17) is 10.6 Å². The number of hydrogen-bond acceptors (Lipinski definition) is 10. The number of β-lactam (4-membered cyclic amide) rings is 1. The van der Waals surface area contributed by atoms with Crippen LogP contribution >= 0.6 is 47.9 Å². The van der Waals surface area contributed by atoms with Crippen molar-refractivity contribution in [2.24, 2.45) is 5.16 Å². The minimum Gasteiger partial charge on any atom is -0.543 e. The number of likely N-dealkylation sites (tertiary alicyclic amines) is 1. The van der Waals surface area contributed by atoms with E-state index in [2.05, 4.69) is 22.5 Å². The van der Waals surface area contributed by atoms with Gasteiger partial charge in [0.2, 0.25) is 0 Å². The van der Waals surface area contributed by atoms with Crippen LogP contribution in [0, 0.1) is 0 Å². The Hall–Kier alpha value is -2.06. The van der Waals surface area contributed by atoms with Crippen molar-refractivity contribution in [3.8, 4) is 0 Å². The summed E-state index contributed by atoms with van der Waals surface area (Å²) in [5, 5.41) is 19.6. The van der Waals surface area contributed by atoms with Gasteiger partial charge in [0.25, 0.3) is 11.8 Å². The lowest BCUT2D eigenvalue weighted by Gasteiger charge is -2.51. The molecule has 3 N–H and O–H groups in total. The second-order valence-electron chi connectivity index (χ2n) is 8.23. The molecule has 0 spiro atoms. The maximum Gasteiger partial charge on any atom is 0.276 e. The molecule has 0 bridgehead atoms. The van der Waals surface area contributed by atoms with Gasteiger partial charge in [-0.1, -0.05) is 5.16 Å². The Morgan fingerprint density at radius 3 is 2.62 bits per heavy atom. The van der Waals surface area contributed by atoms with Crippen molar-refractivity contribution in [2.45, 2.75) is 24.3 Å². The molecular formula is C19H26Cl2N6O5S2. The number of carboxylic acids is 1. The number of thioether (sulfide) groups is 1. The molecule has 2 amide bonds. The van der Waals surface area contributed by atoms with Gasteiger partial charge < -0.3 is 30.3 Å². The number of amides is 2. The lowest BCUT2D eigenvalue weighted by atomic mass is 10.0. The van der Waals surface area contributed by atoms with Crippen molar-refractivity contribution < 1.29 is 28.8 Å². The van der Waals surface area contributed by atoms with Crippen LogP contribution in [-0.4, -0.2) is 88.8 Å². The van der Waals surface area contributed by atoms with E-state index in [0.29, 0.717) is 17.9 Å². The van der Waals surface area contributed by atoms with Gasteiger partial charge in [0.1, 0.15) is 30.8 Å². The Balaban J connectivity index is 0.00000204. The van der Waals surface area contributed by atoms with Crippen LogP contribution in [0.1, 0.15) is 18.5 Å². The number of carboxylic acid groups (broad SMARTS) is 1.